The maximum absolute atomic E-state index is 11.9. The molecule has 4 heteroatoms. The first-order valence-corrected chi connectivity index (χ1v) is 6.92. The summed E-state index contributed by atoms with van der Waals surface area (Å²) in [5.74, 6) is 0.868. The number of ether oxygens (including phenoxy) is 2. The minimum absolute atomic E-state index is 0.397. The van der Waals surface area contributed by atoms with Crippen molar-refractivity contribution in [1.29, 1.82) is 0 Å². The van der Waals surface area contributed by atoms with E-state index in [2.05, 4.69) is 12.2 Å². The number of amides is 1. The number of carbonyl (C=O) groups is 1. The minimum Gasteiger partial charge on any atom is -0.501 e. The SMILES string of the molecule is CCCC(C)(/C=C(\CC)OC)NC(=O)OC(C)(C)C. The molecule has 19 heavy (non-hydrogen) atoms. The van der Waals surface area contributed by atoms with Crippen LogP contribution in [0.5, 0.6) is 0 Å². The molecule has 0 bridgehead atoms. The second-order valence-electron chi connectivity index (χ2n) is 5.96. The Morgan fingerprint density at radius 1 is 1.21 bits per heavy atom. The highest BCUT2D eigenvalue weighted by Gasteiger charge is 2.27. The third kappa shape index (κ3) is 7.75. The molecule has 1 amide bonds. The topological polar surface area (TPSA) is 47.6 Å². The molecule has 1 unspecified atom stereocenters. The molecule has 0 aliphatic carbocycles. The Balaban J connectivity index is 4.89. The number of methoxy groups -OCH3 is 1. The third-order valence-electron chi connectivity index (χ3n) is 2.65. The van der Waals surface area contributed by atoms with Crippen LogP contribution in [0.15, 0.2) is 11.8 Å². The fraction of sp³-hybridized carbons (Fsp3) is 0.800. The summed E-state index contributed by atoms with van der Waals surface area (Å²) in [6, 6.07) is 0. The maximum Gasteiger partial charge on any atom is 0.408 e. The van der Waals surface area contributed by atoms with Crippen LogP contribution in [0.1, 0.15) is 60.8 Å². The molecule has 0 aliphatic heterocycles. The molecule has 0 radical (unpaired) electrons. The second-order valence-corrected chi connectivity index (χ2v) is 5.96. The monoisotopic (exact) mass is 271 g/mol. The Labute approximate surface area is 117 Å². The number of carbonyl (C=O) groups excluding carboxylic acids is 1. The molecule has 0 aromatic heterocycles. The summed E-state index contributed by atoms with van der Waals surface area (Å²) in [5, 5.41) is 2.93. The highest BCUT2D eigenvalue weighted by molar-refractivity contribution is 5.69. The van der Waals surface area contributed by atoms with Gasteiger partial charge in [0.2, 0.25) is 0 Å². The van der Waals surface area contributed by atoms with E-state index in [1.165, 1.54) is 0 Å². The number of nitrogens with one attached hydrogen (secondary N) is 1. The van der Waals surface area contributed by atoms with Crippen molar-refractivity contribution in [1.82, 2.24) is 5.32 Å². The lowest BCUT2D eigenvalue weighted by Gasteiger charge is -2.30. The van der Waals surface area contributed by atoms with Crippen LogP contribution in [-0.4, -0.2) is 24.3 Å². The molecular formula is C15H29NO3. The van der Waals surface area contributed by atoms with Gasteiger partial charge in [-0.1, -0.05) is 20.3 Å². The van der Waals surface area contributed by atoms with E-state index < -0.39 is 17.2 Å². The normalized spacial score (nSPS) is 15.6. The Kier molecular flexibility index (Phi) is 6.95. The molecule has 112 valence electrons. The van der Waals surface area contributed by atoms with Gasteiger partial charge in [-0.15, -0.1) is 0 Å². The van der Waals surface area contributed by atoms with Crippen LogP contribution in [0.4, 0.5) is 4.79 Å². The van der Waals surface area contributed by atoms with Crippen LogP contribution in [0.25, 0.3) is 0 Å². The van der Waals surface area contributed by atoms with Crippen molar-refractivity contribution in [2.24, 2.45) is 0 Å². The Hall–Kier alpha value is -1.19. The standard InChI is InChI=1S/C15H29NO3/c1-8-10-15(6,11-12(9-2)18-7)16-13(17)19-14(3,4)5/h11H,8-10H2,1-7H3,(H,16,17)/b12-11+. The fourth-order valence-corrected chi connectivity index (χ4v) is 1.89. The van der Waals surface area contributed by atoms with Crippen molar-refractivity contribution in [2.45, 2.75) is 71.9 Å². The number of alkyl carbamates (subject to hydrolysis) is 1. The van der Waals surface area contributed by atoms with Gasteiger partial charge in [-0.2, -0.15) is 0 Å². The first-order chi connectivity index (χ1) is 8.65. The van der Waals surface area contributed by atoms with E-state index in [4.69, 9.17) is 9.47 Å². The summed E-state index contributed by atoms with van der Waals surface area (Å²) in [4.78, 5) is 11.9. The molecule has 4 nitrogen and oxygen atoms in total. The fourth-order valence-electron chi connectivity index (χ4n) is 1.89. The van der Waals surface area contributed by atoms with Crippen molar-refractivity contribution in [3.05, 3.63) is 11.8 Å². The predicted octanol–water partition coefficient (Wildman–Crippen LogP) is 4.01. The average Bonchev–Trinajstić information content (AvgIpc) is 2.23. The zero-order valence-corrected chi connectivity index (χ0v) is 13.4. The van der Waals surface area contributed by atoms with E-state index in [1.807, 2.05) is 40.7 Å². The Morgan fingerprint density at radius 3 is 2.16 bits per heavy atom. The first kappa shape index (κ1) is 17.8. The van der Waals surface area contributed by atoms with Gasteiger partial charge in [-0.05, 0) is 40.2 Å². The lowest BCUT2D eigenvalue weighted by molar-refractivity contribution is 0.0479. The zero-order valence-electron chi connectivity index (χ0n) is 13.4. The summed E-state index contributed by atoms with van der Waals surface area (Å²) in [5.41, 5.74) is -0.936. The van der Waals surface area contributed by atoms with Gasteiger partial charge in [0.25, 0.3) is 0 Å². The maximum atomic E-state index is 11.9. The molecule has 0 aliphatic rings. The van der Waals surface area contributed by atoms with Gasteiger partial charge >= 0.3 is 6.09 Å². The molecule has 0 spiro atoms. The first-order valence-electron chi connectivity index (χ1n) is 6.92. The van der Waals surface area contributed by atoms with Gasteiger partial charge < -0.3 is 14.8 Å². The molecule has 0 saturated carbocycles. The van der Waals surface area contributed by atoms with Gasteiger partial charge in [-0.25, -0.2) is 4.79 Å². The Bertz CT molecular complexity index is 312. The number of rotatable bonds is 6. The van der Waals surface area contributed by atoms with Crippen LogP contribution < -0.4 is 5.32 Å². The lowest BCUT2D eigenvalue weighted by Crippen LogP contribution is -2.46. The second kappa shape index (κ2) is 7.41. The number of hydrogen-bond donors (Lipinski definition) is 1. The van der Waals surface area contributed by atoms with Crippen LogP contribution >= 0.6 is 0 Å². The lowest BCUT2D eigenvalue weighted by atomic mass is 9.95. The van der Waals surface area contributed by atoms with Crippen molar-refractivity contribution in [3.8, 4) is 0 Å². The predicted molar refractivity (Wildman–Crippen MR) is 78.1 cm³/mol. The van der Waals surface area contributed by atoms with E-state index in [1.54, 1.807) is 7.11 Å². The van der Waals surface area contributed by atoms with Crippen molar-refractivity contribution in [2.75, 3.05) is 7.11 Å². The molecule has 0 aromatic rings. The smallest absolute Gasteiger partial charge is 0.408 e. The van der Waals surface area contributed by atoms with Crippen LogP contribution in [0.3, 0.4) is 0 Å². The van der Waals surface area contributed by atoms with Crippen LogP contribution in [-0.2, 0) is 9.47 Å². The van der Waals surface area contributed by atoms with Crippen LogP contribution in [0.2, 0.25) is 0 Å². The molecule has 0 rings (SSSR count). The molecule has 1 N–H and O–H groups in total. The Morgan fingerprint density at radius 2 is 1.79 bits per heavy atom. The average molecular weight is 271 g/mol. The third-order valence-corrected chi connectivity index (χ3v) is 2.65. The summed E-state index contributed by atoms with van der Waals surface area (Å²) < 4.78 is 10.6. The quantitative estimate of drug-likeness (QED) is 0.742. The number of allylic oxidation sites excluding steroid dienone is 1. The van der Waals surface area contributed by atoms with Gasteiger partial charge in [-0.3, -0.25) is 0 Å². The summed E-state index contributed by atoms with van der Waals surface area (Å²) in [6.07, 6.45) is 4.17. The van der Waals surface area contributed by atoms with E-state index in [9.17, 15) is 4.79 Å². The van der Waals surface area contributed by atoms with Crippen LogP contribution in [0, 0.1) is 0 Å². The number of hydrogen-bond acceptors (Lipinski definition) is 3. The largest absolute Gasteiger partial charge is 0.501 e. The van der Waals surface area contributed by atoms with E-state index in [-0.39, 0.29) is 0 Å². The van der Waals surface area contributed by atoms with Gasteiger partial charge in [0.1, 0.15) is 5.60 Å². The molecule has 1 atom stereocenters. The molecular weight excluding hydrogens is 242 g/mol. The van der Waals surface area contributed by atoms with E-state index in [0.717, 1.165) is 25.0 Å². The van der Waals surface area contributed by atoms with Crippen molar-refractivity contribution >= 4 is 6.09 Å². The van der Waals surface area contributed by atoms with Gasteiger partial charge in [0.05, 0.1) is 18.4 Å². The van der Waals surface area contributed by atoms with E-state index >= 15 is 0 Å². The molecule has 0 saturated heterocycles. The summed E-state index contributed by atoms with van der Waals surface area (Å²) >= 11 is 0. The molecule has 0 aromatic carbocycles. The molecule has 0 heterocycles. The molecule has 0 fully saturated rings. The van der Waals surface area contributed by atoms with Gasteiger partial charge in [0.15, 0.2) is 0 Å². The van der Waals surface area contributed by atoms with Gasteiger partial charge in [0, 0.05) is 6.42 Å². The minimum atomic E-state index is -0.490. The highest BCUT2D eigenvalue weighted by atomic mass is 16.6. The summed E-state index contributed by atoms with van der Waals surface area (Å²) in [7, 11) is 1.65. The van der Waals surface area contributed by atoms with Crippen molar-refractivity contribution in [3.63, 3.8) is 0 Å². The van der Waals surface area contributed by atoms with E-state index in [0.29, 0.717) is 0 Å². The zero-order chi connectivity index (χ0) is 15.1. The highest BCUT2D eigenvalue weighted by Crippen LogP contribution is 2.19. The van der Waals surface area contributed by atoms with Crippen molar-refractivity contribution < 1.29 is 14.3 Å². The summed E-state index contributed by atoms with van der Waals surface area (Å²) in [6.45, 7) is 11.6.